The highest BCUT2D eigenvalue weighted by atomic mass is 127. The van der Waals surface area contributed by atoms with E-state index in [0.717, 1.165) is 36.0 Å². The Hall–Kier alpha value is -0.0900. The van der Waals surface area contributed by atoms with Crippen LogP contribution >= 0.6 is 51.5 Å². The Morgan fingerprint density at radius 2 is 2.25 bits per heavy atom. The average Bonchev–Trinajstić information content (AvgIpc) is 2.98. The van der Waals surface area contributed by atoms with Crippen molar-refractivity contribution in [2.75, 3.05) is 33.4 Å². The van der Waals surface area contributed by atoms with E-state index in [-0.39, 0.29) is 36.0 Å². The minimum atomic E-state index is -0.0123. The fraction of sp³-hybridized carbons (Fsp3) is 0.562. The number of hydrogen-bond donors (Lipinski definition) is 3. The number of guanidine groups is 1. The van der Waals surface area contributed by atoms with Gasteiger partial charge in [-0.05, 0) is 30.5 Å². The fourth-order valence-corrected chi connectivity index (χ4v) is 3.39. The van der Waals surface area contributed by atoms with Crippen LogP contribution in [0.25, 0.3) is 0 Å². The summed E-state index contributed by atoms with van der Waals surface area (Å²) in [6.07, 6.45) is 1.69. The summed E-state index contributed by atoms with van der Waals surface area (Å²) in [4.78, 5) is 4.24. The van der Waals surface area contributed by atoms with Crippen molar-refractivity contribution < 1.29 is 9.84 Å². The molecule has 1 unspecified atom stereocenters. The van der Waals surface area contributed by atoms with Gasteiger partial charge in [-0.1, -0.05) is 33.6 Å². The Kier molecular flexibility index (Phi) is 9.88. The minimum absolute atomic E-state index is 0. The summed E-state index contributed by atoms with van der Waals surface area (Å²) < 4.78 is 6.46. The lowest BCUT2D eigenvalue weighted by atomic mass is 9.84. The second-order valence-electron chi connectivity index (χ2n) is 5.79. The molecule has 24 heavy (non-hydrogen) atoms. The summed E-state index contributed by atoms with van der Waals surface area (Å²) in [6.45, 7) is 2.92. The third-order valence-corrected chi connectivity index (χ3v) is 4.99. The molecule has 1 aromatic carbocycles. The van der Waals surface area contributed by atoms with Gasteiger partial charge >= 0.3 is 0 Å². The van der Waals surface area contributed by atoms with E-state index in [4.69, 9.17) is 16.3 Å². The molecule has 1 heterocycles. The van der Waals surface area contributed by atoms with Gasteiger partial charge in [0.2, 0.25) is 0 Å². The van der Waals surface area contributed by atoms with Gasteiger partial charge < -0.3 is 20.5 Å². The number of ether oxygens (including phenoxy) is 1. The number of nitrogens with one attached hydrogen (secondary N) is 2. The molecule has 5 nitrogen and oxygen atoms in total. The van der Waals surface area contributed by atoms with Gasteiger partial charge in [0.25, 0.3) is 0 Å². The quantitative estimate of drug-likeness (QED) is 0.299. The number of hydrogen-bond acceptors (Lipinski definition) is 3. The number of halogens is 3. The second-order valence-corrected chi connectivity index (χ2v) is 7.11. The first-order valence-corrected chi connectivity index (χ1v) is 8.83. The zero-order valence-corrected chi connectivity index (χ0v) is 18.3. The van der Waals surface area contributed by atoms with Crippen LogP contribution in [0.2, 0.25) is 5.02 Å². The fourth-order valence-electron chi connectivity index (χ4n) is 2.65. The van der Waals surface area contributed by atoms with Crippen LogP contribution in [0.15, 0.2) is 27.7 Å². The Balaban J connectivity index is 0.00000288. The lowest BCUT2D eigenvalue weighted by Crippen LogP contribution is -2.44. The van der Waals surface area contributed by atoms with Crippen molar-refractivity contribution in [1.82, 2.24) is 10.6 Å². The van der Waals surface area contributed by atoms with Crippen LogP contribution in [0.5, 0.6) is 0 Å². The van der Waals surface area contributed by atoms with Crippen LogP contribution in [0.3, 0.4) is 0 Å². The molecule has 0 radical (unpaired) electrons. The second kappa shape index (κ2) is 10.8. The molecule has 0 saturated carbocycles. The van der Waals surface area contributed by atoms with Crippen LogP contribution in [-0.4, -0.2) is 44.5 Å². The molecule has 1 aliphatic rings. The van der Waals surface area contributed by atoms with Gasteiger partial charge in [-0.25, -0.2) is 0 Å². The van der Waals surface area contributed by atoms with Gasteiger partial charge in [0, 0.05) is 48.3 Å². The molecule has 3 N–H and O–H groups in total. The van der Waals surface area contributed by atoms with Crippen molar-refractivity contribution in [3.05, 3.63) is 33.3 Å². The van der Waals surface area contributed by atoms with E-state index in [9.17, 15) is 5.11 Å². The van der Waals surface area contributed by atoms with Crippen molar-refractivity contribution in [2.24, 2.45) is 10.4 Å². The van der Waals surface area contributed by atoms with E-state index >= 15 is 0 Å². The molecule has 8 heteroatoms. The molecule has 1 aromatic rings. The van der Waals surface area contributed by atoms with Gasteiger partial charge in [-0.3, -0.25) is 4.99 Å². The number of benzene rings is 1. The Labute approximate surface area is 173 Å². The van der Waals surface area contributed by atoms with E-state index in [1.165, 1.54) is 0 Å². The predicted octanol–water partition coefficient (Wildman–Crippen LogP) is 3.17. The van der Waals surface area contributed by atoms with Crippen molar-refractivity contribution in [1.29, 1.82) is 0 Å². The van der Waals surface area contributed by atoms with Crippen molar-refractivity contribution in [3.8, 4) is 0 Å². The number of aliphatic hydroxyl groups excluding tert-OH is 1. The van der Waals surface area contributed by atoms with Gasteiger partial charge in [0.05, 0.1) is 6.61 Å². The van der Waals surface area contributed by atoms with E-state index in [2.05, 4.69) is 31.6 Å². The minimum Gasteiger partial charge on any atom is -0.396 e. The zero-order chi connectivity index (χ0) is 16.7. The third kappa shape index (κ3) is 6.33. The maximum absolute atomic E-state index is 9.27. The summed E-state index contributed by atoms with van der Waals surface area (Å²) in [5.74, 6) is 0.716. The maximum atomic E-state index is 9.27. The first-order chi connectivity index (χ1) is 11.1. The number of aliphatic hydroxyl groups is 1. The summed E-state index contributed by atoms with van der Waals surface area (Å²) in [5.41, 5.74) is 0.994. The average molecular weight is 533 g/mol. The topological polar surface area (TPSA) is 65.9 Å². The van der Waals surface area contributed by atoms with Gasteiger partial charge in [0.1, 0.15) is 0 Å². The largest absolute Gasteiger partial charge is 0.396 e. The Bertz CT molecular complexity index is 554. The molecule has 0 bridgehead atoms. The molecule has 0 aromatic heterocycles. The first-order valence-electron chi connectivity index (χ1n) is 7.66. The summed E-state index contributed by atoms with van der Waals surface area (Å²) in [7, 11) is 1.74. The van der Waals surface area contributed by atoms with Crippen LogP contribution in [0, 0.1) is 5.41 Å². The first kappa shape index (κ1) is 22.0. The van der Waals surface area contributed by atoms with Crippen LogP contribution in [0.1, 0.15) is 18.4 Å². The molecule has 1 atom stereocenters. The Morgan fingerprint density at radius 1 is 1.46 bits per heavy atom. The SMILES string of the molecule is CN=C(NCc1ccc(Br)cc1Cl)NCC1(CCO)CCOC1.I. The lowest BCUT2D eigenvalue weighted by Gasteiger charge is -2.27. The van der Waals surface area contributed by atoms with E-state index < -0.39 is 0 Å². The molecular formula is C16H24BrClIN3O2. The molecule has 1 aliphatic heterocycles. The summed E-state index contributed by atoms with van der Waals surface area (Å²) in [6, 6.07) is 5.82. The van der Waals surface area contributed by atoms with Crippen LogP contribution in [-0.2, 0) is 11.3 Å². The van der Waals surface area contributed by atoms with Crippen molar-refractivity contribution in [3.63, 3.8) is 0 Å². The molecular weight excluding hydrogens is 508 g/mol. The van der Waals surface area contributed by atoms with Crippen molar-refractivity contribution in [2.45, 2.75) is 19.4 Å². The number of aliphatic imine (C=N–C) groups is 1. The molecule has 1 fully saturated rings. The summed E-state index contributed by atoms with van der Waals surface area (Å²) in [5, 5.41) is 16.6. The Morgan fingerprint density at radius 3 is 2.83 bits per heavy atom. The summed E-state index contributed by atoms with van der Waals surface area (Å²) >= 11 is 9.63. The highest BCUT2D eigenvalue weighted by Crippen LogP contribution is 2.31. The zero-order valence-electron chi connectivity index (χ0n) is 13.6. The van der Waals surface area contributed by atoms with Gasteiger partial charge in [0.15, 0.2) is 5.96 Å². The molecule has 2 rings (SSSR count). The monoisotopic (exact) mass is 531 g/mol. The molecule has 1 saturated heterocycles. The van der Waals surface area contributed by atoms with Gasteiger partial charge in [-0.15, -0.1) is 24.0 Å². The molecule has 0 aliphatic carbocycles. The van der Waals surface area contributed by atoms with Crippen LogP contribution in [0.4, 0.5) is 0 Å². The highest BCUT2D eigenvalue weighted by molar-refractivity contribution is 14.0. The van der Waals surface area contributed by atoms with E-state index in [1.54, 1.807) is 7.05 Å². The highest BCUT2D eigenvalue weighted by Gasteiger charge is 2.34. The number of nitrogens with zero attached hydrogens (tertiary/aromatic N) is 1. The predicted molar refractivity (Wildman–Crippen MR) is 112 cm³/mol. The lowest BCUT2D eigenvalue weighted by molar-refractivity contribution is 0.127. The van der Waals surface area contributed by atoms with Gasteiger partial charge in [-0.2, -0.15) is 0 Å². The normalized spacial score (nSPS) is 20.6. The van der Waals surface area contributed by atoms with Crippen LogP contribution < -0.4 is 10.6 Å². The standard InChI is InChI=1S/C16H23BrClN3O2.HI/c1-19-15(20-9-12-2-3-13(17)8-14(12)18)21-10-16(4-6-22)5-7-23-11-16;/h2-3,8,22H,4-7,9-11H2,1H3,(H2,19,20,21);1H. The number of rotatable bonds is 6. The smallest absolute Gasteiger partial charge is 0.191 e. The van der Waals surface area contributed by atoms with E-state index in [0.29, 0.717) is 24.1 Å². The molecule has 0 spiro atoms. The molecule has 136 valence electrons. The maximum Gasteiger partial charge on any atom is 0.191 e. The van der Waals surface area contributed by atoms with Crippen molar-refractivity contribution >= 4 is 57.5 Å². The third-order valence-electron chi connectivity index (χ3n) is 4.14. The van der Waals surface area contributed by atoms with E-state index in [1.807, 2.05) is 18.2 Å². The molecule has 0 amide bonds.